The third kappa shape index (κ3) is 4.57. The molecule has 4 nitrogen and oxygen atoms in total. The summed E-state index contributed by atoms with van der Waals surface area (Å²) in [5.74, 6) is 0.116. The lowest BCUT2D eigenvalue weighted by atomic mass is 10.3. The van der Waals surface area contributed by atoms with Gasteiger partial charge in [-0.1, -0.05) is 12.2 Å². The highest BCUT2D eigenvalue weighted by atomic mass is 32.1. The van der Waals surface area contributed by atoms with Gasteiger partial charge >= 0.3 is 0 Å². The third-order valence-corrected chi connectivity index (χ3v) is 2.91. The first kappa shape index (κ1) is 14.3. The number of nitrogens with zero attached hydrogens (tertiary/aromatic N) is 2. The molecule has 0 saturated heterocycles. The van der Waals surface area contributed by atoms with E-state index in [1.54, 1.807) is 4.90 Å². The summed E-state index contributed by atoms with van der Waals surface area (Å²) in [6.45, 7) is 7.68. The highest BCUT2D eigenvalue weighted by Gasteiger charge is 2.17. The van der Waals surface area contributed by atoms with Gasteiger partial charge in [0.1, 0.15) is 0 Å². The highest BCUT2D eigenvalue weighted by Crippen LogP contribution is 1.98. The van der Waals surface area contributed by atoms with Crippen LogP contribution in [0.5, 0.6) is 0 Å². The topological polar surface area (TPSA) is 49.6 Å². The number of rotatable bonds is 6. The van der Waals surface area contributed by atoms with Gasteiger partial charge in [-0.05, 0) is 27.8 Å². The van der Waals surface area contributed by atoms with E-state index in [4.69, 9.17) is 18.0 Å². The molecule has 1 unspecified atom stereocenters. The largest absolute Gasteiger partial charge is 0.392 e. The third-order valence-electron chi connectivity index (χ3n) is 2.57. The normalized spacial score (nSPS) is 12.6. The fraction of sp³-hybridized carbons (Fsp3) is 0.800. The van der Waals surface area contributed by atoms with Gasteiger partial charge in [-0.3, -0.25) is 9.69 Å². The van der Waals surface area contributed by atoms with Gasteiger partial charge in [0, 0.05) is 13.1 Å². The van der Waals surface area contributed by atoms with Crippen LogP contribution in [0, 0.1) is 0 Å². The van der Waals surface area contributed by atoms with Crippen molar-refractivity contribution in [3.8, 4) is 0 Å². The zero-order valence-electron chi connectivity index (χ0n) is 9.99. The van der Waals surface area contributed by atoms with Gasteiger partial charge in [0.05, 0.1) is 17.6 Å². The van der Waals surface area contributed by atoms with Crippen molar-refractivity contribution in [2.24, 2.45) is 5.73 Å². The molecule has 0 radical (unpaired) electrons. The molecule has 0 aliphatic heterocycles. The summed E-state index contributed by atoms with van der Waals surface area (Å²) < 4.78 is 0. The quantitative estimate of drug-likeness (QED) is 0.675. The minimum absolute atomic E-state index is 0.0421. The average Bonchev–Trinajstić information content (AvgIpc) is 2.18. The average molecular weight is 231 g/mol. The van der Waals surface area contributed by atoms with Crippen LogP contribution in [0.25, 0.3) is 0 Å². The van der Waals surface area contributed by atoms with Crippen molar-refractivity contribution in [1.29, 1.82) is 0 Å². The second-order valence-electron chi connectivity index (χ2n) is 3.56. The molecule has 0 aromatic heterocycles. The molecular weight excluding hydrogens is 210 g/mol. The van der Waals surface area contributed by atoms with Crippen molar-refractivity contribution in [2.45, 2.75) is 26.8 Å². The first-order valence-electron chi connectivity index (χ1n) is 5.21. The lowest BCUT2D eigenvalue weighted by Gasteiger charge is -2.26. The lowest BCUT2D eigenvalue weighted by Crippen LogP contribution is -2.45. The minimum Gasteiger partial charge on any atom is -0.392 e. The van der Waals surface area contributed by atoms with Crippen LogP contribution in [0.4, 0.5) is 0 Å². The Hall–Kier alpha value is -0.680. The second kappa shape index (κ2) is 6.74. The minimum atomic E-state index is -0.0421. The van der Waals surface area contributed by atoms with Crippen LogP contribution in [0.15, 0.2) is 0 Å². The molecule has 0 rings (SSSR count). The van der Waals surface area contributed by atoms with E-state index in [-0.39, 0.29) is 11.9 Å². The monoisotopic (exact) mass is 231 g/mol. The van der Waals surface area contributed by atoms with E-state index in [1.807, 2.05) is 32.7 Å². The van der Waals surface area contributed by atoms with Crippen LogP contribution in [0.3, 0.4) is 0 Å². The highest BCUT2D eigenvalue weighted by molar-refractivity contribution is 7.80. The maximum atomic E-state index is 11.7. The molecule has 0 heterocycles. The fourth-order valence-electron chi connectivity index (χ4n) is 1.24. The summed E-state index contributed by atoms with van der Waals surface area (Å²) in [6, 6.07) is -0.0421. The number of hydrogen-bond donors (Lipinski definition) is 1. The molecule has 0 spiro atoms. The van der Waals surface area contributed by atoms with Crippen LogP contribution in [0.1, 0.15) is 20.8 Å². The van der Waals surface area contributed by atoms with E-state index in [0.717, 1.165) is 13.1 Å². The van der Waals surface area contributed by atoms with E-state index in [0.29, 0.717) is 11.5 Å². The molecule has 2 N–H and O–H groups in total. The van der Waals surface area contributed by atoms with Crippen molar-refractivity contribution in [2.75, 3.05) is 26.7 Å². The number of hydrogen-bond acceptors (Lipinski definition) is 3. The molecule has 5 heteroatoms. The number of carbonyl (C=O) groups is 1. The zero-order valence-corrected chi connectivity index (χ0v) is 10.8. The second-order valence-corrected chi connectivity index (χ2v) is 4.03. The summed E-state index contributed by atoms with van der Waals surface area (Å²) in [5, 5.41) is 0. The van der Waals surface area contributed by atoms with E-state index in [1.165, 1.54) is 0 Å². The summed E-state index contributed by atoms with van der Waals surface area (Å²) >= 11 is 4.88. The molecule has 0 aliphatic carbocycles. The Kier molecular flexibility index (Phi) is 6.43. The molecule has 88 valence electrons. The lowest BCUT2D eigenvalue weighted by molar-refractivity contribution is -0.131. The maximum Gasteiger partial charge on any atom is 0.236 e. The molecule has 15 heavy (non-hydrogen) atoms. The Morgan fingerprint density at radius 2 is 1.87 bits per heavy atom. The fourth-order valence-corrected chi connectivity index (χ4v) is 1.42. The smallest absolute Gasteiger partial charge is 0.236 e. The van der Waals surface area contributed by atoms with Crippen LogP contribution in [-0.4, -0.2) is 53.4 Å². The molecule has 1 atom stereocenters. The number of carbonyl (C=O) groups excluding carboxylic acids is 1. The van der Waals surface area contributed by atoms with Crippen LogP contribution in [-0.2, 0) is 4.79 Å². The molecule has 0 aliphatic rings. The van der Waals surface area contributed by atoms with Crippen LogP contribution < -0.4 is 5.73 Å². The Labute approximate surface area is 97.4 Å². The van der Waals surface area contributed by atoms with Crippen LogP contribution >= 0.6 is 12.2 Å². The van der Waals surface area contributed by atoms with Gasteiger partial charge in [0.15, 0.2) is 0 Å². The van der Waals surface area contributed by atoms with Crippen molar-refractivity contribution in [3.05, 3.63) is 0 Å². The summed E-state index contributed by atoms with van der Waals surface area (Å²) in [7, 11) is 1.85. The van der Waals surface area contributed by atoms with Gasteiger partial charge in [-0.25, -0.2) is 0 Å². The van der Waals surface area contributed by atoms with E-state index in [9.17, 15) is 4.79 Å². The standard InChI is InChI=1S/C10H21N3OS/c1-5-13(6-2)9(14)7-12(4)8(3)10(11)15/h8H,5-7H2,1-4H3,(H2,11,15). The molecule has 0 bridgehead atoms. The van der Waals surface area contributed by atoms with Crippen molar-refractivity contribution < 1.29 is 4.79 Å². The predicted molar refractivity (Wildman–Crippen MR) is 66.8 cm³/mol. The van der Waals surface area contributed by atoms with Gasteiger partial charge in [-0.2, -0.15) is 0 Å². The first-order valence-corrected chi connectivity index (χ1v) is 5.62. The Morgan fingerprint density at radius 1 is 1.40 bits per heavy atom. The first-order chi connectivity index (χ1) is 6.93. The Morgan fingerprint density at radius 3 is 2.20 bits per heavy atom. The number of amides is 1. The van der Waals surface area contributed by atoms with E-state index in [2.05, 4.69) is 0 Å². The maximum absolute atomic E-state index is 11.7. The van der Waals surface area contributed by atoms with Crippen molar-refractivity contribution in [3.63, 3.8) is 0 Å². The van der Waals surface area contributed by atoms with Crippen LogP contribution in [0.2, 0.25) is 0 Å². The van der Waals surface area contributed by atoms with Crippen molar-refractivity contribution in [1.82, 2.24) is 9.80 Å². The summed E-state index contributed by atoms with van der Waals surface area (Å²) in [5.41, 5.74) is 5.52. The Bertz CT molecular complexity index is 229. The summed E-state index contributed by atoms with van der Waals surface area (Å²) in [6.07, 6.45) is 0. The zero-order chi connectivity index (χ0) is 12.0. The molecular formula is C10H21N3OS. The number of thiocarbonyl (C=S) groups is 1. The van der Waals surface area contributed by atoms with Gasteiger partial charge in [-0.15, -0.1) is 0 Å². The number of nitrogens with two attached hydrogens (primary N) is 1. The molecule has 1 amide bonds. The van der Waals surface area contributed by atoms with E-state index < -0.39 is 0 Å². The van der Waals surface area contributed by atoms with Gasteiger partial charge < -0.3 is 10.6 Å². The summed E-state index contributed by atoms with van der Waals surface area (Å²) in [4.78, 5) is 15.8. The number of likely N-dealkylation sites (N-methyl/N-ethyl adjacent to an activating group) is 2. The molecule has 0 fully saturated rings. The molecule has 0 aromatic rings. The molecule has 0 saturated carbocycles. The predicted octanol–water partition coefficient (Wildman–Crippen LogP) is 0.461. The van der Waals surface area contributed by atoms with Crippen molar-refractivity contribution >= 4 is 23.1 Å². The van der Waals surface area contributed by atoms with E-state index >= 15 is 0 Å². The SMILES string of the molecule is CCN(CC)C(=O)CN(C)C(C)C(N)=S. The molecule has 0 aromatic carbocycles. The van der Waals surface area contributed by atoms with Gasteiger partial charge in [0.25, 0.3) is 0 Å². The van der Waals surface area contributed by atoms with Gasteiger partial charge in [0.2, 0.25) is 5.91 Å². The Balaban J connectivity index is 4.22.